The molecule has 262 valence electrons. The number of rotatable bonds is 11. The number of pyridine rings is 1. The van der Waals surface area contributed by atoms with Crippen LogP contribution in [0.3, 0.4) is 0 Å². The van der Waals surface area contributed by atoms with E-state index in [1.807, 2.05) is 44.2 Å². The predicted molar refractivity (Wildman–Crippen MR) is 186 cm³/mol. The Morgan fingerprint density at radius 1 is 1.10 bits per heavy atom. The Morgan fingerprint density at radius 2 is 1.86 bits per heavy atom. The van der Waals surface area contributed by atoms with Gasteiger partial charge in [0, 0.05) is 43.0 Å². The summed E-state index contributed by atoms with van der Waals surface area (Å²) in [5.41, 5.74) is 1.25. The predicted octanol–water partition coefficient (Wildman–Crippen LogP) is 5.04. The summed E-state index contributed by atoms with van der Waals surface area (Å²) in [4.78, 5) is 66.1. The van der Waals surface area contributed by atoms with Crippen molar-refractivity contribution in [2.75, 3.05) is 6.54 Å². The number of aromatic nitrogens is 4. The summed E-state index contributed by atoms with van der Waals surface area (Å²) >= 11 is -0.0685. The summed E-state index contributed by atoms with van der Waals surface area (Å²) in [5.74, 6) is -0.972. The van der Waals surface area contributed by atoms with Crippen molar-refractivity contribution in [1.82, 2.24) is 34.0 Å². The van der Waals surface area contributed by atoms with Crippen LogP contribution < -0.4 is 20.8 Å². The lowest BCUT2D eigenvalue weighted by Gasteiger charge is -2.37. The second-order valence-corrected chi connectivity index (χ2v) is 14.2. The lowest BCUT2D eigenvalue weighted by molar-refractivity contribution is -0.128. The number of nitrogens with one attached hydrogen (secondary N) is 2. The topological polar surface area (TPSA) is 140 Å². The number of benzene rings is 1. The fourth-order valence-corrected chi connectivity index (χ4v) is 7.40. The van der Waals surface area contributed by atoms with Gasteiger partial charge in [-0.3, -0.25) is 19.2 Å². The first kappa shape index (κ1) is 33.8. The van der Waals surface area contributed by atoms with Crippen molar-refractivity contribution in [1.29, 1.82) is 0 Å². The van der Waals surface area contributed by atoms with Crippen LogP contribution in [0.2, 0.25) is 0 Å². The maximum atomic E-state index is 14.1. The molecule has 3 aromatic heterocycles. The lowest BCUT2D eigenvalue weighted by atomic mass is 9.80. The van der Waals surface area contributed by atoms with Crippen molar-refractivity contribution in [3.63, 3.8) is 0 Å². The number of amides is 3. The third kappa shape index (κ3) is 6.48. The molecule has 2 N–H and O–H groups in total. The molecule has 0 spiro atoms. The van der Waals surface area contributed by atoms with Crippen LogP contribution in [0.5, 0.6) is 5.75 Å². The highest BCUT2D eigenvalue weighted by Crippen LogP contribution is 2.39. The molecule has 4 heterocycles. The highest BCUT2D eigenvalue weighted by atomic mass is 32.2. The van der Waals surface area contributed by atoms with Crippen LogP contribution in [0, 0.1) is 0 Å². The van der Waals surface area contributed by atoms with Crippen LogP contribution in [0.4, 0.5) is 3.89 Å². The molecule has 2 saturated carbocycles. The molecular weight excluding hydrogens is 662 g/mol. The fraction of sp³-hybridized carbons (Fsp3) is 0.444. The van der Waals surface area contributed by atoms with E-state index in [1.54, 1.807) is 15.7 Å². The molecule has 2 fully saturated rings. The number of carbonyl (C=O) groups is 3. The molecule has 0 unspecified atom stereocenters. The molecule has 50 heavy (non-hydrogen) atoms. The molecule has 0 saturated heterocycles. The number of hydrogen-bond donors (Lipinski definition) is 2. The monoisotopic (exact) mass is 701 g/mol. The quantitative estimate of drug-likeness (QED) is 0.222. The second kappa shape index (κ2) is 13.9. The molecule has 1 aromatic carbocycles. The van der Waals surface area contributed by atoms with E-state index in [0.29, 0.717) is 37.1 Å². The zero-order valence-electron chi connectivity index (χ0n) is 28.1. The molecule has 0 radical (unpaired) electrons. The van der Waals surface area contributed by atoms with Crippen LogP contribution in [-0.4, -0.2) is 59.3 Å². The fourth-order valence-electron chi connectivity index (χ4n) is 7.06. The van der Waals surface area contributed by atoms with Gasteiger partial charge in [-0.05, 0) is 45.1 Å². The van der Waals surface area contributed by atoms with Crippen molar-refractivity contribution in [3.8, 4) is 5.75 Å². The van der Waals surface area contributed by atoms with Gasteiger partial charge in [0.15, 0.2) is 29.4 Å². The molecular formula is C36H40FN7O5S. The molecule has 3 amide bonds. The summed E-state index contributed by atoms with van der Waals surface area (Å²) < 4.78 is 22.8. The number of ether oxygens (including phenoxy) is 1. The first-order chi connectivity index (χ1) is 24.2. The Bertz CT molecular complexity index is 2000. The third-order valence-corrected chi connectivity index (χ3v) is 10.4. The van der Waals surface area contributed by atoms with Gasteiger partial charge in [0.25, 0.3) is 11.8 Å². The Balaban J connectivity index is 1.15. The summed E-state index contributed by atoms with van der Waals surface area (Å²) in [6, 6.07) is 10.7. The molecule has 12 nitrogen and oxygen atoms in total. The Labute approximate surface area is 293 Å². The summed E-state index contributed by atoms with van der Waals surface area (Å²) in [7, 11) is 0. The number of fused-ring (bicyclic) bond motifs is 2. The van der Waals surface area contributed by atoms with Gasteiger partial charge in [-0.1, -0.05) is 49.6 Å². The van der Waals surface area contributed by atoms with Crippen LogP contribution in [-0.2, 0) is 24.5 Å². The van der Waals surface area contributed by atoms with Crippen LogP contribution in [0.25, 0.3) is 11.2 Å². The SMILES string of the molecule is CC(C)N1CCn2c(CNC(=O)C3(NC(=O)c4cn(SF)c5ncc(C6CC6)nc45)CCCCC3)cc(=O)c(OCc3ccccc3)c2C1=O. The summed E-state index contributed by atoms with van der Waals surface area (Å²) in [6.45, 7) is 4.76. The number of hydrogen-bond acceptors (Lipinski definition) is 8. The van der Waals surface area contributed by atoms with Crippen LogP contribution >= 0.6 is 12.3 Å². The van der Waals surface area contributed by atoms with E-state index in [1.165, 1.54) is 12.3 Å². The average molecular weight is 702 g/mol. The van der Waals surface area contributed by atoms with E-state index in [0.717, 1.165) is 47.3 Å². The minimum atomic E-state index is -1.23. The molecule has 1 aliphatic heterocycles. The minimum Gasteiger partial charge on any atom is -0.483 e. The Hall–Kier alpha value is -4.72. The van der Waals surface area contributed by atoms with Gasteiger partial charge in [0.05, 0.1) is 24.0 Å². The summed E-state index contributed by atoms with van der Waals surface area (Å²) in [6.07, 6.45) is 8.17. The Morgan fingerprint density at radius 3 is 2.56 bits per heavy atom. The molecule has 14 heteroatoms. The maximum absolute atomic E-state index is 14.1. The van der Waals surface area contributed by atoms with Crippen molar-refractivity contribution < 1.29 is 23.0 Å². The standard InChI is InChI=1S/C36H40FN7O5S/c1-22(2)42-15-16-43-25(17-28(45)31(30(43)34(42)47)49-21-23-9-5-3-6-10-23)18-39-35(48)36(13-7-4-8-14-36)41-33(46)26-20-44(50-37)32-29(26)40-27(19-38-32)24-11-12-24/h3,5-6,9-10,17,19-20,22,24H,4,7-8,11-16,18,21H2,1-2H3,(H,39,48)(H,41,46). The van der Waals surface area contributed by atoms with Gasteiger partial charge in [-0.25, -0.2) is 13.9 Å². The van der Waals surface area contributed by atoms with Gasteiger partial charge in [-0.15, -0.1) is 3.89 Å². The van der Waals surface area contributed by atoms with E-state index < -0.39 is 22.8 Å². The van der Waals surface area contributed by atoms with E-state index in [-0.39, 0.29) is 66.0 Å². The normalized spacial score (nSPS) is 17.1. The highest BCUT2D eigenvalue weighted by Gasteiger charge is 2.42. The average Bonchev–Trinajstić information content (AvgIpc) is 3.91. The van der Waals surface area contributed by atoms with E-state index >= 15 is 0 Å². The van der Waals surface area contributed by atoms with Crippen LogP contribution in [0.1, 0.15) is 103 Å². The van der Waals surface area contributed by atoms with Gasteiger partial charge in [0.2, 0.25) is 11.3 Å². The largest absolute Gasteiger partial charge is 0.483 e. The van der Waals surface area contributed by atoms with Gasteiger partial charge in [0.1, 0.15) is 17.7 Å². The molecule has 3 aliphatic rings. The van der Waals surface area contributed by atoms with E-state index in [4.69, 9.17) is 4.74 Å². The van der Waals surface area contributed by atoms with Gasteiger partial charge in [-0.2, -0.15) is 0 Å². The second-order valence-electron chi connectivity index (χ2n) is 13.7. The Kier molecular flexibility index (Phi) is 9.38. The van der Waals surface area contributed by atoms with E-state index in [2.05, 4.69) is 20.6 Å². The molecule has 0 atom stereocenters. The first-order valence-corrected chi connectivity index (χ1v) is 17.9. The minimum absolute atomic E-state index is 0.0196. The third-order valence-electron chi connectivity index (χ3n) is 9.95. The molecule has 4 aromatic rings. The summed E-state index contributed by atoms with van der Waals surface area (Å²) in [5, 5.41) is 5.99. The van der Waals surface area contributed by atoms with Crippen molar-refractivity contribution in [2.45, 2.75) is 96.0 Å². The van der Waals surface area contributed by atoms with Crippen molar-refractivity contribution >= 4 is 41.2 Å². The highest BCUT2D eigenvalue weighted by molar-refractivity contribution is 7.92. The van der Waals surface area contributed by atoms with Crippen molar-refractivity contribution in [2.24, 2.45) is 0 Å². The van der Waals surface area contributed by atoms with E-state index in [9.17, 15) is 23.1 Å². The molecule has 2 aliphatic carbocycles. The first-order valence-electron chi connectivity index (χ1n) is 17.2. The number of carbonyl (C=O) groups excluding carboxylic acids is 3. The van der Waals surface area contributed by atoms with Crippen LogP contribution in [0.15, 0.2) is 53.6 Å². The lowest BCUT2D eigenvalue weighted by Crippen LogP contribution is -2.59. The van der Waals surface area contributed by atoms with Gasteiger partial charge >= 0.3 is 0 Å². The number of halogens is 1. The zero-order chi connectivity index (χ0) is 35.0. The van der Waals surface area contributed by atoms with Crippen molar-refractivity contribution in [3.05, 3.63) is 87.2 Å². The smallest absolute Gasteiger partial charge is 0.274 e. The molecule has 7 rings (SSSR count). The maximum Gasteiger partial charge on any atom is 0.274 e. The number of nitrogens with zero attached hydrogens (tertiary/aromatic N) is 5. The zero-order valence-corrected chi connectivity index (χ0v) is 28.9. The molecule has 0 bridgehead atoms. The van der Waals surface area contributed by atoms with Gasteiger partial charge < -0.3 is 24.8 Å².